The van der Waals surface area contributed by atoms with Crippen molar-refractivity contribution in [3.05, 3.63) is 99.5 Å². The van der Waals surface area contributed by atoms with Crippen LogP contribution >= 0.6 is 15.9 Å². The summed E-state index contributed by atoms with van der Waals surface area (Å²) >= 11 is 3.56. The van der Waals surface area contributed by atoms with Gasteiger partial charge in [-0.25, -0.2) is 0 Å². The van der Waals surface area contributed by atoms with Crippen molar-refractivity contribution < 1.29 is 14.3 Å². The summed E-state index contributed by atoms with van der Waals surface area (Å²) in [4.78, 5) is 28.1. The third-order valence-electron chi connectivity index (χ3n) is 5.96. The first-order valence-corrected chi connectivity index (χ1v) is 12.6. The van der Waals surface area contributed by atoms with Gasteiger partial charge >= 0.3 is 0 Å². The lowest BCUT2D eigenvalue weighted by Gasteiger charge is -2.31. The summed E-state index contributed by atoms with van der Waals surface area (Å²) in [5, 5.41) is 2.73. The second-order valence-corrected chi connectivity index (χ2v) is 9.81. The molecule has 0 radical (unpaired) electrons. The Balaban J connectivity index is 1.86. The molecule has 3 aromatic rings. The van der Waals surface area contributed by atoms with Crippen molar-refractivity contribution in [2.45, 2.75) is 45.7 Å². The van der Waals surface area contributed by atoms with Gasteiger partial charge in [-0.1, -0.05) is 80.1 Å². The predicted octanol–water partition coefficient (Wildman–Crippen LogP) is 5.65. The van der Waals surface area contributed by atoms with Gasteiger partial charge in [0.1, 0.15) is 11.8 Å². The third kappa shape index (κ3) is 7.43. The summed E-state index contributed by atoms with van der Waals surface area (Å²) < 4.78 is 6.71. The Morgan fingerprint density at radius 2 is 1.66 bits per heavy atom. The number of nitrogens with zero attached hydrogens (tertiary/aromatic N) is 1. The van der Waals surface area contributed by atoms with E-state index >= 15 is 0 Å². The van der Waals surface area contributed by atoms with E-state index in [1.165, 1.54) is 5.56 Å². The van der Waals surface area contributed by atoms with E-state index in [4.69, 9.17) is 4.74 Å². The average Bonchev–Trinajstić information content (AvgIpc) is 2.86. The van der Waals surface area contributed by atoms with Crippen LogP contribution in [0.25, 0.3) is 0 Å². The van der Waals surface area contributed by atoms with Gasteiger partial charge in [-0.05, 0) is 57.6 Å². The molecular weight excluding hydrogens is 504 g/mol. The minimum Gasteiger partial charge on any atom is -0.483 e. The number of hydrogen-bond donors (Lipinski definition) is 1. The third-order valence-corrected chi connectivity index (χ3v) is 6.58. The predicted molar refractivity (Wildman–Crippen MR) is 143 cm³/mol. The molecule has 0 spiro atoms. The molecule has 0 bridgehead atoms. The first-order chi connectivity index (χ1) is 16.8. The first-order valence-electron chi connectivity index (χ1n) is 11.8. The minimum absolute atomic E-state index is 0.173. The highest BCUT2D eigenvalue weighted by molar-refractivity contribution is 9.10. The summed E-state index contributed by atoms with van der Waals surface area (Å²) in [6.45, 7) is 6.40. The zero-order valence-electron chi connectivity index (χ0n) is 20.8. The molecule has 3 aromatic carbocycles. The van der Waals surface area contributed by atoms with Gasteiger partial charge in [0.05, 0.1) is 4.47 Å². The Labute approximate surface area is 216 Å². The van der Waals surface area contributed by atoms with Crippen LogP contribution in [0.2, 0.25) is 0 Å². The van der Waals surface area contributed by atoms with Crippen LogP contribution in [0.15, 0.2) is 77.3 Å². The fourth-order valence-electron chi connectivity index (χ4n) is 3.83. The molecule has 0 aromatic heterocycles. The number of halogens is 1. The van der Waals surface area contributed by atoms with Crippen LogP contribution in [0.1, 0.15) is 42.0 Å². The molecule has 2 amide bonds. The SMILES string of the molecule is CNC(=O)[C@@H](Cc1ccccc1)N(Cc1ccc(C)cc1)C(=O)COc1ccc(C(C)C)cc1Br. The number of benzene rings is 3. The second kappa shape index (κ2) is 12.5. The van der Waals surface area contributed by atoms with Crippen molar-refractivity contribution >= 4 is 27.7 Å². The van der Waals surface area contributed by atoms with Crippen molar-refractivity contribution in [3.63, 3.8) is 0 Å². The van der Waals surface area contributed by atoms with Gasteiger partial charge in [0.25, 0.3) is 5.91 Å². The molecule has 5 nitrogen and oxygen atoms in total. The fourth-order valence-corrected chi connectivity index (χ4v) is 4.34. The smallest absolute Gasteiger partial charge is 0.261 e. The van der Waals surface area contributed by atoms with Gasteiger partial charge in [0, 0.05) is 20.0 Å². The first kappa shape index (κ1) is 26.5. The molecule has 0 fully saturated rings. The number of aryl methyl sites for hydroxylation is 1. The Morgan fingerprint density at radius 1 is 0.971 bits per heavy atom. The molecule has 1 N–H and O–H groups in total. The van der Waals surface area contributed by atoms with Crippen LogP contribution in [0.4, 0.5) is 0 Å². The lowest BCUT2D eigenvalue weighted by Crippen LogP contribution is -2.51. The minimum atomic E-state index is -0.674. The molecule has 0 heterocycles. The molecule has 0 aliphatic carbocycles. The van der Waals surface area contributed by atoms with E-state index in [0.717, 1.165) is 21.2 Å². The molecule has 35 heavy (non-hydrogen) atoms. The highest BCUT2D eigenvalue weighted by Crippen LogP contribution is 2.29. The number of hydrogen-bond acceptors (Lipinski definition) is 3. The number of nitrogens with one attached hydrogen (secondary N) is 1. The number of rotatable bonds is 10. The fraction of sp³-hybridized carbons (Fsp3) is 0.310. The number of amides is 2. The van der Waals surface area contributed by atoms with Gasteiger partial charge in [-0.15, -0.1) is 0 Å². The van der Waals surface area contributed by atoms with Crippen molar-refractivity contribution in [2.24, 2.45) is 0 Å². The molecule has 184 valence electrons. The Kier molecular flexibility index (Phi) is 9.49. The van der Waals surface area contributed by atoms with Gasteiger partial charge in [-0.2, -0.15) is 0 Å². The molecule has 0 saturated heterocycles. The van der Waals surface area contributed by atoms with Crippen LogP contribution in [-0.2, 0) is 22.6 Å². The Bertz CT molecular complexity index is 1130. The van der Waals surface area contributed by atoms with Crippen molar-refractivity contribution in [2.75, 3.05) is 13.7 Å². The summed E-state index contributed by atoms with van der Waals surface area (Å²) in [5.41, 5.74) is 4.25. The topological polar surface area (TPSA) is 58.6 Å². The van der Waals surface area contributed by atoms with Crippen LogP contribution < -0.4 is 10.1 Å². The molecular formula is C29H33BrN2O3. The van der Waals surface area contributed by atoms with E-state index in [9.17, 15) is 9.59 Å². The van der Waals surface area contributed by atoms with E-state index < -0.39 is 6.04 Å². The van der Waals surface area contributed by atoms with Crippen molar-refractivity contribution in [1.82, 2.24) is 10.2 Å². The van der Waals surface area contributed by atoms with E-state index in [0.29, 0.717) is 24.6 Å². The number of likely N-dealkylation sites (N-methyl/N-ethyl adjacent to an activating group) is 1. The summed E-state index contributed by atoms with van der Waals surface area (Å²) in [7, 11) is 1.60. The van der Waals surface area contributed by atoms with Crippen molar-refractivity contribution in [3.8, 4) is 5.75 Å². The van der Waals surface area contributed by atoms with Crippen molar-refractivity contribution in [1.29, 1.82) is 0 Å². The molecule has 0 unspecified atom stereocenters. The van der Waals surface area contributed by atoms with Crippen LogP contribution in [0.5, 0.6) is 5.75 Å². The maximum absolute atomic E-state index is 13.5. The zero-order valence-corrected chi connectivity index (χ0v) is 22.3. The van der Waals surface area contributed by atoms with Crippen LogP contribution in [0.3, 0.4) is 0 Å². The van der Waals surface area contributed by atoms with Crippen LogP contribution in [-0.4, -0.2) is 36.4 Å². The van der Waals surface area contributed by atoms with Gasteiger partial charge in [0.2, 0.25) is 5.91 Å². The number of carbonyl (C=O) groups excluding carboxylic acids is 2. The summed E-state index contributed by atoms with van der Waals surface area (Å²) in [6, 6.07) is 22.9. The zero-order chi connectivity index (χ0) is 25.4. The highest BCUT2D eigenvalue weighted by Gasteiger charge is 2.30. The highest BCUT2D eigenvalue weighted by atomic mass is 79.9. The molecule has 3 rings (SSSR count). The largest absolute Gasteiger partial charge is 0.483 e. The standard InChI is InChI=1S/C29H33BrN2O3/c1-20(2)24-14-15-27(25(30)17-24)35-19-28(33)32(18-23-12-10-21(3)11-13-23)26(29(34)31-4)16-22-8-6-5-7-9-22/h5-15,17,20,26H,16,18-19H2,1-4H3,(H,31,34)/t26-/m1/s1. The average molecular weight is 537 g/mol. The molecule has 0 aliphatic heterocycles. The quantitative estimate of drug-likeness (QED) is 0.364. The molecule has 0 aliphatic rings. The number of ether oxygens (including phenoxy) is 1. The number of carbonyl (C=O) groups is 2. The second-order valence-electron chi connectivity index (χ2n) is 8.96. The lowest BCUT2D eigenvalue weighted by atomic mass is 10.0. The van der Waals surface area contributed by atoms with Gasteiger partial charge < -0.3 is 15.0 Å². The Morgan fingerprint density at radius 3 is 2.26 bits per heavy atom. The van der Waals surface area contributed by atoms with E-state index in [2.05, 4.69) is 35.1 Å². The maximum atomic E-state index is 13.5. The van der Waals surface area contributed by atoms with E-state index in [-0.39, 0.29) is 18.4 Å². The Hall–Kier alpha value is -3.12. The molecule has 1 atom stereocenters. The lowest BCUT2D eigenvalue weighted by molar-refractivity contribution is -0.142. The normalized spacial score (nSPS) is 11.7. The van der Waals surface area contributed by atoms with E-state index in [1.807, 2.05) is 79.7 Å². The molecule has 6 heteroatoms. The van der Waals surface area contributed by atoms with Gasteiger partial charge in [0.15, 0.2) is 6.61 Å². The monoisotopic (exact) mass is 536 g/mol. The maximum Gasteiger partial charge on any atom is 0.261 e. The summed E-state index contributed by atoms with van der Waals surface area (Å²) in [6.07, 6.45) is 0.408. The molecule has 0 saturated carbocycles. The van der Waals surface area contributed by atoms with Gasteiger partial charge in [-0.3, -0.25) is 9.59 Å². The summed E-state index contributed by atoms with van der Waals surface area (Å²) in [5.74, 6) is 0.516. The van der Waals surface area contributed by atoms with E-state index in [1.54, 1.807) is 11.9 Å². The van der Waals surface area contributed by atoms with Crippen LogP contribution in [0, 0.1) is 6.92 Å².